The van der Waals surface area contributed by atoms with Gasteiger partial charge in [-0.15, -0.1) is 0 Å². The second-order valence-corrected chi connectivity index (χ2v) is 8.49. The number of para-hydroxylation sites is 1. The minimum Gasteiger partial charge on any atom is -0.497 e. The minimum atomic E-state index is -3.46. The number of sulfonamides is 1. The zero-order valence-electron chi connectivity index (χ0n) is 15.8. The van der Waals surface area contributed by atoms with Gasteiger partial charge in [0.25, 0.3) is 0 Å². The molecule has 1 aliphatic heterocycles. The molecule has 0 bridgehead atoms. The van der Waals surface area contributed by atoms with Crippen molar-refractivity contribution >= 4 is 10.0 Å². The highest BCUT2D eigenvalue weighted by Gasteiger charge is 2.30. The standard InChI is InChI=1S/C20H26N2O4S/c1-3-26-20-7-5-4-6-17(20)16-21-12-14-22(15-13-21)27(23,24)19-10-8-18(25-2)9-11-19/h4-11H,3,12-16H2,1-2H3/p+1. The zero-order chi connectivity index (χ0) is 19.3. The topological polar surface area (TPSA) is 60.3 Å². The second kappa shape index (κ2) is 8.73. The van der Waals surface area contributed by atoms with Gasteiger partial charge >= 0.3 is 0 Å². The third kappa shape index (κ3) is 4.61. The first-order chi connectivity index (χ1) is 13.0. The smallest absolute Gasteiger partial charge is 0.243 e. The van der Waals surface area contributed by atoms with Crippen LogP contribution in [0.3, 0.4) is 0 Å². The molecule has 2 aromatic carbocycles. The number of benzene rings is 2. The number of hydrogen-bond acceptors (Lipinski definition) is 4. The number of nitrogens with one attached hydrogen (secondary N) is 1. The number of hydrogen-bond donors (Lipinski definition) is 1. The van der Waals surface area contributed by atoms with Gasteiger partial charge in [-0.3, -0.25) is 0 Å². The maximum Gasteiger partial charge on any atom is 0.243 e. The van der Waals surface area contributed by atoms with Gasteiger partial charge in [0, 0.05) is 5.56 Å². The molecule has 0 unspecified atom stereocenters. The highest BCUT2D eigenvalue weighted by Crippen LogP contribution is 2.20. The number of quaternary nitrogens is 1. The van der Waals surface area contributed by atoms with E-state index in [1.54, 1.807) is 35.7 Å². The van der Waals surface area contributed by atoms with Crippen LogP contribution in [0.1, 0.15) is 12.5 Å². The average molecular weight is 392 g/mol. The molecule has 3 rings (SSSR count). The van der Waals surface area contributed by atoms with Gasteiger partial charge in [-0.05, 0) is 43.3 Å². The van der Waals surface area contributed by atoms with Crippen molar-refractivity contribution in [3.05, 3.63) is 54.1 Å². The molecule has 7 heteroatoms. The molecule has 1 saturated heterocycles. The van der Waals surface area contributed by atoms with Crippen LogP contribution in [0.2, 0.25) is 0 Å². The molecule has 0 amide bonds. The van der Waals surface area contributed by atoms with E-state index in [0.29, 0.717) is 30.3 Å². The molecule has 0 saturated carbocycles. The van der Waals surface area contributed by atoms with E-state index in [-0.39, 0.29) is 0 Å². The van der Waals surface area contributed by atoms with Crippen molar-refractivity contribution < 1.29 is 22.8 Å². The van der Waals surface area contributed by atoms with Crippen LogP contribution in [0, 0.1) is 0 Å². The number of piperazine rings is 1. The normalized spacial score (nSPS) is 16.2. The maximum atomic E-state index is 12.8. The Hall–Kier alpha value is -2.09. The van der Waals surface area contributed by atoms with E-state index in [4.69, 9.17) is 9.47 Å². The monoisotopic (exact) mass is 391 g/mol. The summed E-state index contributed by atoms with van der Waals surface area (Å²) in [5.74, 6) is 1.57. The highest BCUT2D eigenvalue weighted by molar-refractivity contribution is 7.89. The third-order valence-electron chi connectivity index (χ3n) is 4.84. The van der Waals surface area contributed by atoms with Gasteiger partial charge < -0.3 is 14.4 Å². The van der Waals surface area contributed by atoms with E-state index in [1.807, 2.05) is 25.1 Å². The van der Waals surface area contributed by atoms with Gasteiger partial charge in [-0.2, -0.15) is 4.31 Å². The van der Waals surface area contributed by atoms with Crippen LogP contribution in [-0.4, -0.2) is 52.6 Å². The van der Waals surface area contributed by atoms with Crippen molar-refractivity contribution in [2.75, 3.05) is 39.9 Å². The fourth-order valence-corrected chi connectivity index (χ4v) is 4.77. The Bertz CT molecular complexity index is 845. The molecule has 2 aromatic rings. The molecule has 27 heavy (non-hydrogen) atoms. The summed E-state index contributed by atoms with van der Waals surface area (Å²) in [6, 6.07) is 14.6. The van der Waals surface area contributed by atoms with Gasteiger partial charge in [0.1, 0.15) is 18.0 Å². The molecule has 0 aliphatic carbocycles. The van der Waals surface area contributed by atoms with Crippen LogP contribution in [0.5, 0.6) is 11.5 Å². The fraction of sp³-hybridized carbons (Fsp3) is 0.400. The first-order valence-corrected chi connectivity index (χ1v) is 10.7. The Kier molecular flexibility index (Phi) is 6.36. The Morgan fingerprint density at radius 3 is 2.33 bits per heavy atom. The van der Waals surface area contributed by atoms with E-state index in [1.165, 1.54) is 10.5 Å². The molecule has 1 fully saturated rings. The lowest BCUT2D eigenvalue weighted by Crippen LogP contribution is -3.13. The number of ether oxygens (including phenoxy) is 2. The molecule has 0 atom stereocenters. The molecule has 146 valence electrons. The van der Waals surface area contributed by atoms with E-state index in [2.05, 4.69) is 6.07 Å². The molecule has 0 spiro atoms. The van der Waals surface area contributed by atoms with Crippen molar-refractivity contribution in [2.24, 2.45) is 0 Å². The van der Waals surface area contributed by atoms with Gasteiger partial charge in [-0.1, -0.05) is 12.1 Å². The first kappa shape index (κ1) is 19.7. The van der Waals surface area contributed by atoms with Crippen LogP contribution < -0.4 is 14.4 Å². The Morgan fingerprint density at radius 1 is 1.04 bits per heavy atom. The molecule has 6 nitrogen and oxygen atoms in total. The lowest BCUT2D eigenvalue weighted by atomic mass is 10.2. The summed E-state index contributed by atoms with van der Waals surface area (Å²) in [6.45, 7) is 6.03. The van der Waals surface area contributed by atoms with Gasteiger partial charge in [0.15, 0.2) is 0 Å². The third-order valence-corrected chi connectivity index (χ3v) is 6.75. The Morgan fingerprint density at radius 2 is 1.70 bits per heavy atom. The van der Waals surface area contributed by atoms with Crippen LogP contribution in [0.15, 0.2) is 53.4 Å². The second-order valence-electron chi connectivity index (χ2n) is 6.55. The van der Waals surface area contributed by atoms with E-state index >= 15 is 0 Å². The lowest BCUT2D eigenvalue weighted by Gasteiger charge is -2.31. The van der Waals surface area contributed by atoms with Gasteiger partial charge in [0.2, 0.25) is 10.0 Å². The molecule has 1 N–H and O–H groups in total. The summed E-state index contributed by atoms with van der Waals surface area (Å²) >= 11 is 0. The Labute approximate surface area is 161 Å². The van der Waals surface area contributed by atoms with Gasteiger partial charge in [-0.25, -0.2) is 8.42 Å². The summed E-state index contributed by atoms with van der Waals surface area (Å²) in [4.78, 5) is 1.68. The summed E-state index contributed by atoms with van der Waals surface area (Å²) < 4.78 is 38.1. The minimum absolute atomic E-state index is 0.313. The van der Waals surface area contributed by atoms with Crippen LogP contribution in [0.25, 0.3) is 0 Å². The van der Waals surface area contributed by atoms with Crippen molar-refractivity contribution in [2.45, 2.75) is 18.4 Å². The van der Waals surface area contributed by atoms with Crippen LogP contribution in [0.4, 0.5) is 0 Å². The zero-order valence-corrected chi connectivity index (χ0v) is 16.7. The molecule has 1 aliphatic rings. The molecule has 1 heterocycles. The first-order valence-electron chi connectivity index (χ1n) is 9.23. The highest BCUT2D eigenvalue weighted by atomic mass is 32.2. The van der Waals surface area contributed by atoms with Crippen molar-refractivity contribution in [1.82, 2.24) is 4.31 Å². The number of nitrogens with zero attached hydrogens (tertiary/aromatic N) is 1. The maximum absolute atomic E-state index is 12.8. The molecule has 0 aromatic heterocycles. The quantitative estimate of drug-likeness (QED) is 0.770. The van der Waals surface area contributed by atoms with Crippen molar-refractivity contribution in [1.29, 1.82) is 0 Å². The predicted octanol–water partition coefficient (Wildman–Crippen LogP) is 1.18. The predicted molar refractivity (Wildman–Crippen MR) is 104 cm³/mol. The summed E-state index contributed by atoms with van der Waals surface area (Å²) in [5.41, 5.74) is 1.17. The van der Waals surface area contributed by atoms with Crippen LogP contribution in [-0.2, 0) is 16.6 Å². The number of methoxy groups -OCH3 is 1. The summed E-state index contributed by atoms with van der Waals surface area (Å²) in [6.07, 6.45) is 0. The molecular weight excluding hydrogens is 364 g/mol. The molecular formula is C20H27N2O4S+. The van der Waals surface area contributed by atoms with Crippen molar-refractivity contribution in [3.63, 3.8) is 0 Å². The number of rotatable bonds is 7. The molecule has 0 radical (unpaired) electrons. The summed E-state index contributed by atoms with van der Waals surface area (Å²) in [7, 11) is -1.90. The average Bonchev–Trinajstić information content (AvgIpc) is 2.70. The van der Waals surface area contributed by atoms with E-state index in [0.717, 1.165) is 25.4 Å². The fourth-order valence-electron chi connectivity index (χ4n) is 3.33. The summed E-state index contributed by atoms with van der Waals surface area (Å²) in [5, 5.41) is 0. The van der Waals surface area contributed by atoms with Gasteiger partial charge in [0.05, 0.1) is 44.8 Å². The SMILES string of the molecule is CCOc1ccccc1C[NH+]1CCN(S(=O)(=O)c2ccc(OC)cc2)CC1. The largest absolute Gasteiger partial charge is 0.497 e. The Balaban J connectivity index is 1.63. The van der Waals surface area contributed by atoms with Crippen molar-refractivity contribution in [3.8, 4) is 11.5 Å². The van der Waals surface area contributed by atoms with E-state index in [9.17, 15) is 8.42 Å². The lowest BCUT2D eigenvalue weighted by molar-refractivity contribution is -0.917. The van der Waals surface area contributed by atoms with Crippen LogP contribution >= 0.6 is 0 Å². The van der Waals surface area contributed by atoms with E-state index < -0.39 is 10.0 Å².